The van der Waals surface area contributed by atoms with Gasteiger partial charge in [0.1, 0.15) is 11.5 Å². The zero-order valence-electron chi connectivity index (χ0n) is 20.4. The van der Waals surface area contributed by atoms with E-state index in [0.29, 0.717) is 22.9 Å². The Labute approximate surface area is 212 Å². The molecule has 37 heavy (non-hydrogen) atoms. The molecule has 192 valence electrons. The van der Waals surface area contributed by atoms with E-state index in [1.165, 1.54) is 40.1 Å². The minimum absolute atomic E-state index is 0.245. The van der Waals surface area contributed by atoms with Crippen molar-refractivity contribution in [2.24, 2.45) is 0 Å². The molecular weight excluding hydrogens is 484 g/mol. The third-order valence-electron chi connectivity index (χ3n) is 4.94. The highest BCUT2D eigenvalue weighted by Crippen LogP contribution is 2.27. The first-order valence-electron chi connectivity index (χ1n) is 11.2. The van der Waals surface area contributed by atoms with Crippen molar-refractivity contribution in [1.82, 2.24) is 0 Å². The fourth-order valence-electron chi connectivity index (χ4n) is 3.24. The Morgan fingerprint density at radius 3 is 1.16 bits per heavy atom. The van der Waals surface area contributed by atoms with Crippen LogP contribution in [0.15, 0.2) is 72.1 Å². The summed E-state index contributed by atoms with van der Waals surface area (Å²) in [7, 11) is 0. The van der Waals surface area contributed by atoms with Crippen LogP contribution in [0, 0.1) is 0 Å². The number of carbonyl (C=O) groups excluding carboxylic acids is 4. The first kappa shape index (κ1) is 25.3. The second kappa shape index (κ2) is 9.69. The largest absolute Gasteiger partial charge is 0.457 e. The van der Waals surface area contributed by atoms with Gasteiger partial charge in [-0.15, -0.1) is 0 Å². The van der Waals surface area contributed by atoms with Gasteiger partial charge < -0.3 is 34.3 Å². The Hall–Kier alpha value is -4.80. The van der Waals surface area contributed by atoms with Gasteiger partial charge in [-0.2, -0.15) is 0 Å². The molecule has 2 aliphatic rings. The first-order chi connectivity index (χ1) is 17.4. The molecule has 0 bridgehead atoms. The molecule has 0 saturated carbocycles. The van der Waals surface area contributed by atoms with Crippen LogP contribution in [0.25, 0.3) is 0 Å². The standard InChI is InChI=1S/C26H24N2O9/c1-25(2)34-21(29)19(22(30)35-25)13-27-15-5-9-17(10-6-15)33-18-11-7-16(8-12-18)28-14-20-23(31)36-26(3,4)37-24(20)32/h5-14,27-28H,1-4H3. The fraction of sp³-hybridized carbons (Fsp3) is 0.231. The van der Waals surface area contributed by atoms with Gasteiger partial charge in [0.2, 0.25) is 0 Å². The van der Waals surface area contributed by atoms with Gasteiger partial charge in [-0.1, -0.05) is 0 Å². The van der Waals surface area contributed by atoms with Crippen molar-refractivity contribution < 1.29 is 42.9 Å². The van der Waals surface area contributed by atoms with E-state index in [9.17, 15) is 19.2 Å². The number of hydrogen-bond donors (Lipinski definition) is 2. The van der Waals surface area contributed by atoms with E-state index < -0.39 is 35.5 Å². The van der Waals surface area contributed by atoms with Gasteiger partial charge in [0.05, 0.1) is 0 Å². The molecule has 4 rings (SSSR count). The Bertz CT molecular complexity index is 1160. The van der Waals surface area contributed by atoms with Crippen LogP contribution in [0.3, 0.4) is 0 Å². The lowest BCUT2D eigenvalue weighted by Gasteiger charge is -2.29. The fourth-order valence-corrected chi connectivity index (χ4v) is 3.24. The minimum Gasteiger partial charge on any atom is -0.457 e. The average molecular weight is 508 g/mol. The number of esters is 4. The third-order valence-corrected chi connectivity index (χ3v) is 4.94. The van der Waals surface area contributed by atoms with E-state index in [1.807, 2.05) is 0 Å². The van der Waals surface area contributed by atoms with Crippen LogP contribution in [0.5, 0.6) is 11.5 Å². The van der Waals surface area contributed by atoms with Crippen molar-refractivity contribution in [3.05, 3.63) is 72.1 Å². The van der Waals surface area contributed by atoms with E-state index in [1.54, 1.807) is 48.5 Å². The topological polar surface area (TPSA) is 138 Å². The summed E-state index contributed by atoms with van der Waals surface area (Å²) in [5, 5.41) is 5.71. The predicted molar refractivity (Wildman–Crippen MR) is 129 cm³/mol. The molecular formula is C26H24N2O9. The quantitative estimate of drug-likeness (QED) is 0.335. The molecule has 0 unspecified atom stereocenters. The highest BCUT2D eigenvalue weighted by Gasteiger charge is 2.39. The van der Waals surface area contributed by atoms with Crippen LogP contribution in [0.2, 0.25) is 0 Å². The summed E-state index contributed by atoms with van der Waals surface area (Å²) in [5.74, 6) is -4.62. The number of rotatable bonds is 6. The molecule has 0 atom stereocenters. The lowest BCUT2D eigenvalue weighted by molar-refractivity contribution is -0.224. The number of anilines is 2. The Kier molecular flexibility index (Phi) is 6.62. The van der Waals surface area contributed by atoms with Crippen molar-refractivity contribution >= 4 is 35.3 Å². The van der Waals surface area contributed by atoms with Gasteiger partial charge in [-0.05, 0) is 48.5 Å². The number of carbonyl (C=O) groups is 4. The Morgan fingerprint density at radius 1 is 0.568 bits per heavy atom. The summed E-state index contributed by atoms with van der Waals surface area (Å²) in [6.45, 7) is 5.89. The molecule has 2 heterocycles. The molecule has 11 heteroatoms. The first-order valence-corrected chi connectivity index (χ1v) is 11.2. The maximum absolute atomic E-state index is 12.0. The van der Waals surface area contributed by atoms with Gasteiger partial charge in [-0.3, -0.25) is 0 Å². The molecule has 0 aromatic heterocycles. The minimum atomic E-state index is -1.30. The van der Waals surface area contributed by atoms with Crippen molar-refractivity contribution in [2.45, 2.75) is 39.3 Å². The molecule has 0 amide bonds. The average Bonchev–Trinajstić information content (AvgIpc) is 2.78. The van der Waals surface area contributed by atoms with Gasteiger partial charge in [0, 0.05) is 51.5 Å². The third kappa shape index (κ3) is 6.26. The number of nitrogens with one attached hydrogen (secondary N) is 2. The van der Waals surface area contributed by atoms with Crippen LogP contribution in [-0.4, -0.2) is 35.5 Å². The van der Waals surface area contributed by atoms with Crippen molar-refractivity contribution in [1.29, 1.82) is 0 Å². The number of benzene rings is 2. The molecule has 0 radical (unpaired) electrons. The number of cyclic esters (lactones) is 4. The second-order valence-corrected chi connectivity index (χ2v) is 8.91. The Morgan fingerprint density at radius 2 is 0.865 bits per heavy atom. The predicted octanol–water partition coefficient (Wildman–Crippen LogP) is 3.74. The van der Waals surface area contributed by atoms with Gasteiger partial charge >= 0.3 is 23.9 Å². The molecule has 2 aliphatic heterocycles. The summed E-state index contributed by atoms with van der Waals surface area (Å²) < 4.78 is 26.0. The van der Waals surface area contributed by atoms with Crippen molar-refractivity contribution in [3.8, 4) is 11.5 Å². The molecule has 0 aliphatic carbocycles. The summed E-state index contributed by atoms with van der Waals surface area (Å²) in [5.41, 5.74) is 0.706. The van der Waals surface area contributed by atoms with Crippen LogP contribution in [-0.2, 0) is 38.1 Å². The summed E-state index contributed by atoms with van der Waals surface area (Å²) in [6, 6.07) is 13.6. The highest BCUT2D eigenvalue weighted by atomic mass is 16.7. The van der Waals surface area contributed by atoms with Crippen molar-refractivity contribution in [2.75, 3.05) is 10.6 Å². The van der Waals surface area contributed by atoms with E-state index in [4.69, 9.17) is 23.7 Å². The maximum atomic E-state index is 12.0. The molecule has 2 aromatic rings. The molecule has 11 nitrogen and oxygen atoms in total. The zero-order valence-corrected chi connectivity index (χ0v) is 20.4. The van der Waals surface area contributed by atoms with Crippen LogP contribution in [0.4, 0.5) is 11.4 Å². The molecule has 2 saturated heterocycles. The Balaban J connectivity index is 1.33. The molecule has 2 N–H and O–H groups in total. The SMILES string of the molecule is CC1(C)OC(=O)C(=CNc2ccc(Oc3ccc(NC=C4C(=O)OC(C)(C)OC4=O)cc3)cc2)C(=O)O1. The highest BCUT2D eigenvalue weighted by molar-refractivity contribution is 6.16. The number of hydrogen-bond acceptors (Lipinski definition) is 11. The van der Waals surface area contributed by atoms with E-state index in [-0.39, 0.29) is 11.1 Å². The molecule has 2 fully saturated rings. The second-order valence-electron chi connectivity index (χ2n) is 8.91. The van der Waals surface area contributed by atoms with Gasteiger partial charge in [0.15, 0.2) is 11.1 Å². The summed E-state index contributed by atoms with van der Waals surface area (Å²) >= 11 is 0. The molecule has 0 spiro atoms. The van der Waals surface area contributed by atoms with Crippen LogP contribution >= 0.6 is 0 Å². The normalized spacial score (nSPS) is 18.1. The zero-order chi connectivity index (χ0) is 26.8. The van der Waals surface area contributed by atoms with Crippen LogP contribution < -0.4 is 15.4 Å². The van der Waals surface area contributed by atoms with Gasteiger partial charge in [-0.25, -0.2) is 19.2 Å². The smallest absolute Gasteiger partial charge is 0.350 e. The number of ether oxygens (including phenoxy) is 5. The van der Waals surface area contributed by atoms with Crippen molar-refractivity contribution in [3.63, 3.8) is 0 Å². The summed E-state index contributed by atoms with van der Waals surface area (Å²) in [6.07, 6.45) is 2.45. The lowest BCUT2D eigenvalue weighted by Crippen LogP contribution is -2.42. The molecule has 2 aromatic carbocycles. The monoisotopic (exact) mass is 508 g/mol. The van der Waals surface area contributed by atoms with Gasteiger partial charge in [0.25, 0.3) is 11.6 Å². The lowest BCUT2D eigenvalue weighted by atomic mass is 10.2. The maximum Gasteiger partial charge on any atom is 0.350 e. The van der Waals surface area contributed by atoms with E-state index >= 15 is 0 Å². The summed E-state index contributed by atoms with van der Waals surface area (Å²) in [4.78, 5) is 48.0. The van der Waals surface area contributed by atoms with E-state index in [0.717, 1.165) is 0 Å². The van der Waals surface area contributed by atoms with Crippen LogP contribution in [0.1, 0.15) is 27.7 Å². The van der Waals surface area contributed by atoms with E-state index in [2.05, 4.69) is 10.6 Å².